The van der Waals surface area contributed by atoms with E-state index >= 15 is 0 Å². The van der Waals surface area contributed by atoms with Crippen molar-refractivity contribution in [3.05, 3.63) is 65.9 Å². The molecular weight excluding hydrogens is 334 g/mol. The lowest BCUT2D eigenvalue weighted by molar-refractivity contribution is -0.113. The second kappa shape index (κ2) is 6.76. The molecule has 2 aromatic carbocycles. The molecule has 2 aromatic rings. The van der Waals surface area contributed by atoms with Crippen molar-refractivity contribution in [2.45, 2.75) is 6.61 Å². The monoisotopic (exact) mass is 346 g/mol. The van der Waals surface area contributed by atoms with Crippen LogP contribution in [-0.2, 0) is 4.79 Å². The Morgan fingerprint density at radius 1 is 1.08 bits per heavy atom. The molecule has 1 N–H and O–H groups in total. The third-order valence-corrected chi connectivity index (χ3v) is 3.61. The maximum Gasteiger partial charge on any atom is 0.387 e. The van der Waals surface area contributed by atoms with Crippen molar-refractivity contribution in [2.75, 3.05) is 4.90 Å². The molecule has 0 atom stereocenters. The first-order valence-electron chi connectivity index (χ1n) is 7.02. The smallest absolute Gasteiger partial charge is 0.387 e. The number of carbonyl (C=O) groups is 1. The van der Waals surface area contributed by atoms with E-state index in [0.29, 0.717) is 11.3 Å². The zero-order valence-corrected chi connectivity index (χ0v) is 13.1. The van der Waals surface area contributed by atoms with Crippen molar-refractivity contribution in [3.63, 3.8) is 0 Å². The van der Waals surface area contributed by atoms with Gasteiger partial charge in [-0.15, -0.1) is 0 Å². The largest absolute Gasteiger partial charge is 0.434 e. The van der Waals surface area contributed by atoms with Crippen LogP contribution in [0.15, 0.2) is 60.3 Å². The average Bonchev–Trinajstić information content (AvgIpc) is 2.83. The van der Waals surface area contributed by atoms with Gasteiger partial charge < -0.3 is 10.1 Å². The first-order valence-corrected chi connectivity index (χ1v) is 7.43. The van der Waals surface area contributed by atoms with Gasteiger partial charge in [-0.2, -0.15) is 8.78 Å². The number of carbonyl (C=O) groups excluding carboxylic acids is 1. The van der Waals surface area contributed by atoms with Crippen molar-refractivity contribution in [2.24, 2.45) is 0 Å². The summed E-state index contributed by atoms with van der Waals surface area (Å²) in [5.74, 6) is -0.378. The maximum absolute atomic E-state index is 12.6. The lowest BCUT2D eigenvalue weighted by atomic mass is 10.1. The van der Waals surface area contributed by atoms with Gasteiger partial charge in [0, 0.05) is 5.56 Å². The van der Waals surface area contributed by atoms with Crippen molar-refractivity contribution in [1.82, 2.24) is 5.32 Å². The summed E-state index contributed by atoms with van der Waals surface area (Å²) >= 11 is 5.20. The van der Waals surface area contributed by atoms with Crippen molar-refractivity contribution in [1.29, 1.82) is 0 Å². The molecule has 1 aliphatic rings. The second-order valence-corrected chi connectivity index (χ2v) is 5.27. The lowest BCUT2D eigenvalue weighted by Gasteiger charge is -2.13. The van der Waals surface area contributed by atoms with Gasteiger partial charge in [-0.3, -0.25) is 9.69 Å². The van der Waals surface area contributed by atoms with Crippen molar-refractivity contribution >= 4 is 35.0 Å². The number of rotatable bonds is 4. The van der Waals surface area contributed by atoms with Gasteiger partial charge in [0.15, 0.2) is 5.11 Å². The number of hydrogen-bond donors (Lipinski definition) is 1. The predicted molar refractivity (Wildman–Crippen MR) is 90.7 cm³/mol. The van der Waals surface area contributed by atoms with Gasteiger partial charge in [0.25, 0.3) is 5.91 Å². The average molecular weight is 346 g/mol. The fraction of sp³-hybridized carbons (Fsp3) is 0.0588. The quantitative estimate of drug-likeness (QED) is 0.679. The first kappa shape index (κ1) is 16.1. The molecule has 4 nitrogen and oxygen atoms in total. The lowest BCUT2D eigenvalue weighted by Crippen LogP contribution is -2.30. The molecule has 7 heteroatoms. The highest BCUT2D eigenvalue weighted by molar-refractivity contribution is 7.80. The Kier molecular flexibility index (Phi) is 4.52. The van der Waals surface area contributed by atoms with E-state index in [1.165, 1.54) is 17.0 Å². The Bertz CT molecular complexity index is 809. The molecule has 0 spiro atoms. The molecule has 1 saturated heterocycles. The van der Waals surface area contributed by atoms with E-state index in [0.717, 1.165) is 0 Å². The number of nitrogens with one attached hydrogen (secondary N) is 1. The summed E-state index contributed by atoms with van der Waals surface area (Å²) in [6.45, 7) is -2.95. The van der Waals surface area contributed by atoms with Crippen LogP contribution in [-0.4, -0.2) is 17.6 Å². The maximum atomic E-state index is 12.6. The molecule has 1 heterocycles. The van der Waals surface area contributed by atoms with Gasteiger partial charge in [-0.25, -0.2) is 0 Å². The van der Waals surface area contributed by atoms with Gasteiger partial charge in [0.1, 0.15) is 11.4 Å². The van der Waals surface area contributed by atoms with E-state index in [-0.39, 0.29) is 22.5 Å². The van der Waals surface area contributed by atoms with Crippen LogP contribution in [0.2, 0.25) is 0 Å². The predicted octanol–water partition coefficient (Wildman–Crippen LogP) is 3.55. The number of anilines is 1. The van der Waals surface area contributed by atoms with Gasteiger partial charge in [0.2, 0.25) is 0 Å². The Labute approximate surface area is 142 Å². The zero-order chi connectivity index (χ0) is 17.1. The molecule has 122 valence electrons. The highest BCUT2D eigenvalue weighted by Crippen LogP contribution is 2.26. The molecule has 3 rings (SSSR count). The van der Waals surface area contributed by atoms with E-state index in [1.807, 2.05) is 6.07 Å². The zero-order valence-electron chi connectivity index (χ0n) is 12.3. The minimum atomic E-state index is -2.95. The van der Waals surface area contributed by atoms with Gasteiger partial charge in [-0.05, 0) is 36.5 Å². The Balaban J connectivity index is 1.93. The van der Waals surface area contributed by atoms with Crippen LogP contribution in [0.4, 0.5) is 14.5 Å². The fourth-order valence-corrected chi connectivity index (χ4v) is 2.60. The highest BCUT2D eigenvalue weighted by atomic mass is 32.1. The summed E-state index contributed by atoms with van der Waals surface area (Å²) in [6.07, 6.45) is 1.44. The standard InChI is InChI=1S/C17H12F2N2O2S/c18-16(19)23-14-9-5-4-6-11(14)10-13-15(22)21(17(24)20-13)12-7-2-1-3-8-12/h1-10,16H,(H,20,24)/b13-10+. The molecular formula is C17H12F2N2O2S. The van der Waals surface area contributed by atoms with E-state index < -0.39 is 6.61 Å². The van der Waals surface area contributed by atoms with Crippen LogP contribution in [0, 0.1) is 0 Å². The van der Waals surface area contributed by atoms with E-state index in [4.69, 9.17) is 12.2 Å². The molecule has 0 unspecified atom stereocenters. The molecule has 1 amide bonds. The Morgan fingerprint density at radius 3 is 2.46 bits per heavy atom. The first-order chi connectivity index (χ1) is 11.6. The number of amides is 1. The Morgan fingerprint density at radius 2 is 1.75 bits per heavy atom. The molecule has 24 heavy (non-hydrogen) atoms. The van der Waals surface area contributed by atoms with Crippen LogP contribution in [0.1, 0.15) is 5.56 Å². The van der Waals surface area contributed by atoms with Gasteiger partial charge in [0.05, 0.1) is 5.69 Å². The summed E-state index contributed by atoms with van der Waals surface area (Å²) in [6, 6.07) is 15.1. The number of para-hydroxylation sites is 2. The summed E-state index contributed by atoms with van der Waals surface area (Å²) in [5.41, 5.74) is 1.17. The minimum absolute atomic E-state index is 0.0151. The molecule has 0 aliphatic carbocycles. The van der Waals surface area contributed by atoms with Crippen molar-refractivity contribution < 1.29 is 18.3 Å². The number of alkyl halides is 2. The van der Waals surface area contributed by atoms with Crippen molar-refractivity contribution in [3.8, 4) is 5.75 Å². The van der Waals surface area contributed by atoms with Crippen LogP contribution < -0.4 is 15.0 Å². The van der Waals surface area contributed by atoms with Crippen LogP contribution >= 0.6 is 12.2 Å². The minimum Gasteiger partial charge on any atom is -0.434 e. The molecule has 0 saturated carbocycles. The molecule has 0 bridgehead atoms. The number of thiocarbonyl (C=S) groups is 1. The molecule has 1 aliphatic heterocycles. The van der Waals surface area contributed by atoms with Gasteiger partial charge >= 0.3 is 6.61 Å². The third-order valence-electron chi connectivity index (χ3n) is 3.33. The Hall–Kier alpha value is -2.80. The van der Waals surface area contributed by atoms with E-state index in [2.05, 4.69) is 10.1 Å². The van der Waals surface area contributed by atoms with Gasteiger partial charge in [-0.1, -0.05) is 36.4 Å². The topological polar surface area (TPSA) is 41.6 Å². The fourth-order valence-electron chi connectivity index (χ4n) is 2.31. The van der Waals surface area contributed by atoms with Crippen LogP contribution in [0.3, 0.4) is 0 Å². The number of benzene rings is 2. The number of hydrogen-bond acceptors (Lipinski definition) is 3. The second-order valence-electron chi connectivity index (χ2n) is 4.88. The SMILES string of the molecule is O=C1/C(=C\c2ccccc2OC(F)F)NC(=S)N1c1ccccc1. The number of halogens is 2. The number of nitrogens with zero attached hydrogens (tertiary/aromatic N) is 1. The molecule has 0 radical (unpaired) electrons. The third kappa shape index (κ3) is 3.26. The van der Waals surface area contributed by atoms with Crippen LogP contribution in [0.25, 0.3) is 6.08 Å². The highest BCUT2D eigenvalue weighted by Gasteiger charge is 2.32. The van der Waals surface area contributed by atoms with Crippen LogP contribution in [0.5, 0.6) is 5.75 Å². The summed E-state index contributed by atoms with van der Waals surface area (Å²) in [4.78, 5) is 13.9. The summed E-state index contributed by atoms with van der Waals surface area (Å²) in [5, 5.41) is 3.03. The normalized spacial score (nSPS) is 16.0. The van der Waals surface area contributed by atoms with E-state index in [9.17, 15) is 13.6 Å². The number of ether oxygens (including phenoxy) is 1. The summed E-state index contributed by atoms with van der Waals surface area (Å²) in [7, 11) is 0. The van der Waals surface area contributed by atoms with E-state index in [1.54, 1.807) is 42.5 Å². The summed E-state index contributed by atoms with van der Waals surface area (Å²) < 4.78 is 29.4. The molecule has 1 fully saturated rings. The molecule has 0 aromatic heterocycles.